The molecule has 0 heterocycles. The Labute approximate surface area is 83.9 Å². The molecule has 82 valence electrons. The topological polar surface area (TPSA) is 104 Å². The van der Waals surface area contributed by atoms with E-state index in [-0.39, 0.29) is 0 Å². The second kappa shape index (κ2) is 3.84. The lowest BCUT2D eigenvalue weighted by molar-refractivity contribution is 0.538. The van der Waals surface area contributed by atoms with Gasteiger partial charge in [-0.15, -0.1) is 0 Å². The van der Waals surface area contributed by atoms with Gasteiger partial charge in [-0.25, -0.2) is 16.8 Å². The summed E-state index contributed by atoms with van der Waals surface area (Å²) in [5.74, 6) is 0. The van der Waals surface area contributed by atoms with E-state index in [4.69, 9.17) is 5.26 Å². The third-order valence-electron chi connectivity index (χ3n) is 1.06. The van der Waals surface area contributed by atoms with Crippen molar-refractivity contribution in [2.45, 2.75) is 19.4 Å². The molecule has 0 bridgehead atoms. The standard InChI is InChI=1S/C6H12N2O4S2/c1-6(2,4-7)8-14(11,12)5-13(3,9)10/h8H,5H2,1-3H3. The van der Waals surface area contributed by atoms with Gasteiger partial charge in [-0.2, -0.15) is 9.98 Å². The molecule has 0 saturated carbocycles. The lowest BCUT2D eigenvalue weighted by Gasteiger charge is -2.16. The van der Waals surface area contributed by atoms with E-state index < -0.39 is 30.5 Å². The predicted molar refractivity (Wildman–Crippen MR) is 51.5 cm³/mol. The summed E-state index contributed by atoms with van der Waals surface area (Å²) >= 11 is 0. The van der Waals surface area contributed by atoms with Gasteiger partial charge in [0.2, 0.25) is 10.0 Å². The van der Waals surface area contributed by atoms with E-state index >= 15 is 0 Å². The first-order valence-corrected chi connectivity index (χ1v) is 7.29. The third-order valence-corrected chi connectivity index (χ3v) is 4.83. The highest BCUT2D eigenvalue weighted by Gasteiger charge is 2.27. The largest absolute Gasteiger partial charge is 0.228 e. The molecular weight excluding hydrogens is 228 g/mol. The van der Waals surface area contributed by atoms with Gasteiger partial charge in [0.25, 0.3) is 0 Å². The van der Waals surface area contributed by atoms with Gasteiger partial charge in [-0.05, 0) is 13.8 Å². The summed E-state index contributed by atoms with van der Waals surface area (Å²) in [5, 5.41) is 7.52. The zero-order valence-corrected chi connectivity index (χ0v) is 9.74. The Morgan fingerprint density at radius 3 is 2.00 bits per heavy atom. The Bertz CT molecular complexity index is 441. The normalized spacial score (nSPS) is 13.6. The Kier molecular flexibility index (Phi) is 3.66. The van der Waals surface area contributed by atoms with E-state index in [2.05, 4.69) is 0 Å². The van der Waals surface area contributed by atoms with Crippen molar-refractivity contribution >= 4 is 19.9 Å². The quantitative estimate of drug-likeness (QED) is 0.693. The fourth-order valence-electron chi connectivity index (χ4n) is 0.723. The molecule has 0 fully saturated rings. The molecule has 0 rings (SSSR count). The molecule has 14 heavy (non-hydrogen) atoms. The van der Waals surface area contributed by atoms with Crippen LogP contribution in [-0.2, 0) is 19.9 Å². The van der Waals surface area contributed by atoms with E-state index in [0.717, 1.165) is 6.26 Å². The SMILES string of the molecule is CC(C)(C#N)NS(=O)(=O)CS(C)(=O)=O. The molecule has 0 aromatic heterocycles. The van der Waals surface area contributed by atoms with Gasteiger partial charge in [0.1, 0.15) is 5.54 Å². The Morgan fingerprint density at radius 1 is 1.29 bits per heavy atom. The second-order valence-corrected chi connectivity index (χ2v) is 7.73. The van der Waals surface area contributed by atoms with Crippen molar-refractivity contribution < 1.29 is 16.8 Å². The molecule has 0 unspecified atom stereocenters. The number of rotatable bonds is 4. The van der Waals surface area contributed by atoms with Crippen molar-refractivity contribution in [1.82, 2.24) is 4.72 Å². The van der Waals surface area contributed by atoms with Crippen LogP contribution in [0.15, 0.2) is 0 Å². The number of nitriles is 1. The number of nitrogens with zero attached hydrogens (tertiary/aromatic N) is 1. The number of nitrogens with one attached hydrogen (secondary N) is 1. The number of sulfone groups is 1. The zero-order chi connectivity index (χ0) is 11.6. The van der Waals surface area contributed by atoms with Crippen LogP contribution in [-0.4, -0.2) is 33.7 Å². The fraction of sp³-hybridized carbons (Fsp3) is 0.833. The van der Waals surface area contributed by atoms with Gasteiger partial charge in [0, 0.05) is 6.26 Å². The zero-order valence-electron chi connectivity index (χ0n) is 8.10. The van der Waals surface area contributed by atoms with Crippen molar-refractivity contribution in [3.63, 3.8) is 0 Å². The van der Waals surface area contributed by atoms with E-state index in [0.29, 0.717) is 0 Å². The molecule has 0 atom stereocenters. The van der Waals surface area contributed by atoms with Crippen LogP contribution in [0.5, 0.6) is 0 Å². The van der Waals surface area contributed by atoms with E-state index in [1.165, 1.54) is 13.8 Å². The molecule has 0 aromatic rings. The van der Waals surface area contributed by atoms with Crippen LogP contribution >= 0.6 is 0 Å². The minimum absolute atomic E-state index is 0.811. The molecule has 0 aromatic carbocycles. The van der Waals surface area contributed by atoms with Crippen LogP contribution in [0.2, 0.25) is 0 Å². The third kappa shape index (κ3) is 5.90. The van der Waals surface area contributed by atoms with Crippen molar-refractivity contribution in [1.29, 1.82) is 5.26 Å². The first kappa shape index (κ1) is 13.4. The summed E-state index contributed by atoms with van der Waals surface area (Å²) in [4.78, 5) is 0. The average Bonchev–Trinajstić information content (AvgIpc) is 1.78. The summed E-state index contributed by atoms with van der Waals surface area (Å²) in [7, 11) is -7.59. The molecule has 0 aliphatic carbocycles. The van der Waals surface area contributed by atoms with E-state index in [1.807, 2.05) is 4.72 Å². The Hall–Kier alpha value is -0.650. The molecule has 0 amide bonds. The lowest BCUT2D eigenvalue weighted by Crippen LogP contribution is -2.44. The fourth-order valence-corrected chi connectivity index (χ4v) is 4.04. The maximum atomic E-state index is 11.2. The molecule has 6 nitrogen and oxygen atoms in total. The minimum atomic E-state index is -3.97. The molecule has 0 spiro atoms. The summed E-state index contributed by atoms with van der Waals surface area (Å²) in [5.41, 5.74) is -1.30. The van der Waals surface area contributed by atoms with Gasteiger partial charge in [0.15, 0.2) is 14.9 Å². The molecule has 1 N–H and O–H groups in total. The lowest BCUT2D eigenvalue weighted by atomic mass is 10.1. The second-order valence-electron chi connectivity index (χ2n) is 3.50. The minimum Gasteiger partial charge on any atom is -0.228 e. The van der Waals surface area contributed by atoms with Crippen LogP contribution in [0.3, 0.4) is 0 Å². The highest BCUT2D eigenvalue weighted by Crippen LogP contribution is 2.03. The first-order chi connectivity index (χ1) is 5.97. The maximum Gasteiger partial charge on any atom is 0.227 e. The summed E-state index contributed by atoms with van der Waals surface area (Å²) in [6, 6.07) is 1.70. The van der Waals surface area contributed by atoms with Crippen LogP contribution in [0.4, 0.5) is 0 Å². The van der Waals surface area contributed by atoms with Crippen LogP contribution < -0.4 is 4.72 Å². The monoisotopic (exact) mass is 240 g/mol. The van der Waals surface area contributed by atoms with Crippen molar-refractivity contribution in [2.75, 3.05) is 11.3 Å². The molecular formula is C6H12N2O4S2. The van der Waals surface area contributed by atoms with Crippen LogP contribution in [0.25, 0.3) is 0 Å². The van der Waals surface area contributed by atoms with Gasteiger partial charge in [0.05, 0.1) is 6.07 Å². The van der Waals surface area contributed by atoms with Crippen molar-refractivity contribution in [3.8, 4) is 6.07 Å². The average molecular weight is 240 g/mol. The Balaban J connectivity index is 4.81. The van der Waals surface area contributed by atoms with Gasteiger partial charge < -0.3 is 0 Å². The summed E-state index contributed by atoms with van der Waals surface area (Å²) < 4.78 is 45.8. The van der Waals surface area contributed by atoms with Crippen molar-refractivity contribution in [2.24, 2.45) is 0 Å². The predicted octanol–water partition coefficient (Wildman–Crippen LogP) is -0.790. The molecule has 0 aliphatic rings. The molecule has 0 aliphatic heterocycles. The summed E-state index contributed by atoms with van der Waals surface area (Å²) in [6.07, 6.45) is 0.811. The van der Waals surface area contributed by atoms with Gasteiger partial charge in [-0.3, -0.25) is 0 Å². The van der Waals surface area contributed by atoms with Crippen LogP contribution in [0.1, 0.15) is 13.8 Å². The number of sulfonamides is 1. The van der Waals surface area contributed by atoms with Crippen LogP contribution in [0, 0.1) is 11.3 Å². The van der Waals surface area contributed by atoms with Gasteiger partial charge >= 0.3 is 0 Å². The number of hydrogen-bond acceptors (Lipinski definition) is 5. The molecule has 0 radical (unpaired) electrons. The summed E-state index contributed by atoms with van der Waals surface area (Å²) in [6.45, 7) is 2.68. The van der Waals surface area contributed by atoms with Crippen molar-refractivity contribution in [3.05, 3.63) is 0 Å². The molecule has 0 saturated heterocycles. The van der Waals surface area contributed by atoms with Gasteiger partial charge in [-0.1, -0.05) is 0 Å². The maximum absolute atomic E-state index is 11.2. The number of hydrogen-bond donors (Lipinski definition) is 1. The highest BCUT2D eigenvalue weighted by atomic mass is 32.3. The van der Waals surface area contributed by atoms with E-state index in [9.17, 15) is 16.8 Å². The molecule has 8 heteroatoms. The Morgan fingerprint density at radius 2 is 1.71 bits per heavy atom. The van der Waals surface area contributed by atoms with E-state index in [1.54, 1.807) is 6.07 Å². The first-order valence-electron chi connectivity index (χ1n) is 3.58. The smallest absolute Gasteiger partial charge is 0.227 e. The highest BCUT2D eigenvalue weighted by molar-refractivity contribution is 8.06.